The summed E-state index contributed by atoms with van der Waals surface area (Å²) in [5.74, 6) is 1.55. The largest absolute Gasteiger partial charge is 0.457 e. The molecule has 4 aliphatic rings. The van der Waals surface area contributed by atoms with E-state index in [1.54, 1.807) is 0 Å². The summed E-state index contributed by atoms with van der Waals surface area (Å²) in [5.41, 5.74) is 19.0. The van der Waals surface area contributed by atoms with Crippen molar-refractivity contribution < 1.29 is 23.7 Å². The van der Waals surface area contributed by atoms with Crippen molar-refractivity contribution in [3.63, 3.8) is 0 Å². The van der Waals surface area contributed by atoms with Crippen molar-refractivity contribution in [3.8, 4) is 11.5 Å². The average Bonchev–Trinajstić information content (AvgIpc) is 3.59. The maximum atomic E-state index is 6.84. The average molecular weight is 424 g/mol. The predicted octanol–water partition coefficient (Wildman–Crippen LogP) is 2.41. The molecule has 0 saturated carbocycles. The van der Waals surface area contributed by atoms with Crippen molar-refractivity contribution in [2.45, 2.75) is 50.1 Å². The van der Waals surface area contributed by atoms with Crippen molar-refractivity contribution >= 4 is 11.4 Å². The topological polar surface area (TPSA) is 111 Å². The molecule has 2 aromatic carbocycles. The second-order valence-electron chi connectivity index (χ2n) is 8.97. The van der Waals surface area contributed by atoms with Gasteiger partial charge in [-0.15, -0.1) is 0 Å². The van der Waals surface area contributed by atoms with Crippen molar-refractivity contribution in [1.82, 2.24) is 0 Å². The van der Waals surface area contributed by atoms with Crippen LogP contribution in [0.1, 0.15) is 22.3 Å². The van der Waals surface area contributed by atoms with Crippen LogP contribution < -0.4 is 16.2 Å². The van der Waals surface area contributed by atoms with Gasteiger partial charge in [0, 0.05) is 54.3 Å². The van der Waals surface area contributed by atoms with Gasteiger partial charge in [0.1, 0.15) is 11.5 Å². The molecule has 164 valence electrons. The van der Waals surface area contributed by atoms with Gasteiger partial charge in [0.25, 0.3) is 0 Å². The SMILES string of the molecule is Nc1cccc(Oc2c(CC3CO3)c(N)c(CC3CO3)c(CC3CO3)c2CC2CO2)c1. The molecule has 7 heteroatoms. The van der Waals surface area contributed by atoms with E-state index >= 15 is 0 Å². The number of hydrogen-bond donors (Lipinski definition) is 2. The highest BCUT2D eigenvalue weighted by Gasteiger charge is 2.37. The standard InChI is InChI=1S/C24H28N2O5/c25-13-2-1-3-14(4-13)31-24-21(7-17-11-29-17)19(5-15-9-27-15)20(6-16-10-28-16)23(26)22(24)8-18-12-30-18/h1-4,15-18H,5-12,25-26H2. The van der Waals surface area contributed by atoms with Gasteiger partial charge in [-0.05, 0) is 23.3 Å². The molecule has 4 aliphatic heterocycles. The first-order valence-corrected chi connectivity index (χ1v) is 11.1. The van der Waals surface area contributed by atoms with E-state index in [2.05, 4.69) is 0 Å². The lowest BCUT2D eigenvalue weighted by Gasteiger charge is -2.25. The Kier molecular flexibility index (Phi) is 4.79. The highest BCUT2D eigenvalue weighted by atomic mass is 16.6. The summed E-state index contributed by atoms with van der Waals surface area (Å²) in [6, 6.07) is 7.53. The molecule has 0 bridgehead atoms. The number of ether oxygens (including phenoxy) is 5. The van der Waals surface area contributed by atoms with Crippen LogP contribution in [0.3, 0.4) is 0 Å². The van der Waals surface area contributed by atoms with Crippen LogP contribution in [0.5, 0.6) is 11.5 Å². The van der Waals surface area contributed by atoms with Crippen LogP contribution in [0.2, 0.25) is 0 Å². The zero-order valence-corrected chi connectivity index (χ0v) is 17.5. The third-order valence-electron chi connectivity index (χ3n) is 6.34. The minimum absolute atomic E-state index is 0.193. The highest BCUT2D eigenvalue weighted by molar-refractivity contribution is 5.68. The Morgan fingerprint density at radius 2 is 1.23 bits per heavy atom. The van der Waals surface area contributed by atoms with Gasteiger partial charge < -0.3 is 35.2 Å². The molecule has 4 heterocycles. The lowest BCUT2D eigenvalue weighted by atomic mass is 9.86. The summed E-state index contributed by atoms with van der Waals surface area (Å²) in [7, 11) is 0. The first-order chi connectivity index (χ1) is 15.1. The molecule has 0 aromatic heterocycles. The second-order valence-corrected chi connectivity index (χ2v) is 8.97. The van der Waals surface area contributed by atoms with E-state index in [9.17, 15) is 0 Å². The number of nitrogens with two attached hydrogens (primary N) is 2. The van der Waals surface area contributed by atoms with Crippen LogP contribution in [0, 0.1) is 0 Å². The Bertz CT molecular complexity index is 994. The number of hydrogen-bond acceptors (Lipinski definition) is 7. The van der Waals surface area contributed by atoms with Crippen molar-refractivity contribution in [2.24, 2.45) is 0 Å². The molecule has 4 saturated heterocycles. The first-order valence-electron chi connectivity index (χ1n) is 11.1. The van der Waals surface area contributed by atoms with E-state index in [1.165, 1.54) is 16.7 Å². The Morgan fingerprint density at radius 3 is 1.77 bits per heavy atom. The van der Waals surface area contributed by atoms with Crippen LogP contribution >= 0.6 is 0 Å². The summed E-state index contributed by atoms with van der Waals surface area (Å²) in [4.78, 5) is 0. The highest BCUT2D eigenvalue weighted by Crippen LogP contribution is 2.44. The third kappa shape index (κ3) is 4.50. The zero-order valence-electron chi connectivity index (χ0n) is 17.5. The fraction of sp³-hybridized carbons (Fsp3) is 0.500. The van der Waals surface area contributed by atoms with Crippen molar-refractivity contribution in [2.75, 3.05) is 37.9 Å². The van der Waals surface area contributed by atoms with E-state index in [4.69, 9.17) is 35.2 Å². The van der Waals surface area contributed by atoms with Gasteiger partial charge in [0.15, 0.2) is 0 Å². The molecule has 0 amide bonds. The maximum absolute atomic E-state index is 6.84. The van der Waals surface area contributed by atoms with Crippen molar-refractivity contribution in [1.29, 1.82) is 0 Å². The predicted molar refractivity (Wildman–Crippen MR) is 116 cm³/mol. The van der Waals surface area contributed by atoms with E-state index in [0.717, 1.165) is 69.1 Å². The summed E-state index contributed by atoms with van der Waals surface area (Å²) >= 11 is 0. The van der Waals surface area contributed by atoms with Crippen LogP contribution in [0.15, 0.2) is 24.3 Å². The Labute approximate surface area is 181 Å². The molecule has 4 N–H and O–H groups in total. The molecule has 7 nitrogen and oxygen atoms in total. The molecule has 0 radical (unpaired) electrons. The summed E-state index contributed by atoms with van der Waals surface area (Å²) in [6.07, 6.45) is 4.11. The molecule has 4 atom stereocenters. The fourth-order valence-corrected chi connectivity index (χ4v) is 4.34. The minimum Gasteiger partial charge on any atom is -0.457 e. The van der Waals surface area contributed by atoms with Gasteiger partial charge in [0.05, 0.1) is 50.8 Å². The van der Waals surface area contributed by atoms with Crippen LogP contribution in [-0.2, 0) is 44.6 Å². The van der Waals surface area contributed by atoms with Gasteiger partial charge in [-0.3, -0.25) is 0 Å². The normalized spacial score (nSPS) is 27.7. The summed E-state index contributed by atoms with van der Waals surface area (Å²) in [6.45, 7) is 3.13. The Balaban J connectivity index is 1.49. The Hall–Kier alpha value is -2.32. The molecule has 0 spiro atoms. The summed E-state index contributed by atoms with van der Waals surface area (Å²) in [5, 5.41) is 0. The second kappa shape index (κ2) is 7.67. The first kappa shape index (κ1) is 19.4. The molecule has 4 unspecified atom stereocenters. The molecule has 6 rings (SSSR count). The third-order valence-corrected chi connectivity index (χ3v) is 6.34. The van der Waals surface area contributed by atoms with Crippen LogP contribution in [-0.4, -0.2) is 50.8 Å². The Morgan fingerprint density at radius 1 is 0.710 bits per heavy atom. The van der Waals surface area contributed by atoms with E-state index in [-0.39, 0.29) is 24.4 Å². The minimum atomic E-state index is 0.193. The van der Waals surface area contributed by atoms with Gasteiger partial charge in [0.2, 0.25) is 0 Å². The number of benzene rings is 2. The van der Waals surface area contributed by atoms with Crippen molar-refractivity contribution in [3.05, 3.63) is 46.5 Å². The van der Waals surface area contributed by atoms with E-state index < -0.39 is 0 Å². The smallest absolute Gasteiger partial charge is 0.136 e. The zero-order chi connectivity index (χ0) is 20.9. The number of rotatable bonds is 10. The van der Waals surface area contributed by atoms with Crippen LogP contribution in [0.4, 0.5) is 11.4 Å². The maximum Gasteiger partial charge on any atom is 0.136 e. The monoisotopic (exact) mass is 424 g/mol. The summed E-state index contributed by atoms with van der Waals surface area (Å²) < 4.78 is 28.9. The number of nitrogen functional groups attached to an aromatic ring is 2. The molecular formula is C24H28N2O5. The molecule has 2 aromatic rings. The van der Waals surface area contributed by atoms with Gasteiger partial charge in [-0.25, -0.2) is 0 Å². The van der Waals surface area contributed by atoms with Gasteiger partial charge in [-0.1, -0.05) is 6.07 Å². The fourth-order valence-electron chi connectivity index (χ4n) is 4.34. The molecular weight excluding hydrogens is 396 g/mol. The lowest BCUT2D eigenvalue weighted by molar-refractivity contribution is 0.390. The van der Waals surface area contributed by atoms with E-state index in [0.29, 0.717) is 11.4 Å². The van der Waals surface area contributed by atoms with Gasteiger partial charge >= 0.3 is 0 Å². The lowest BCUT2D eigenvalue weighted by Crippen LogP contribution is -2.16. The van der Waals surface area contributed by atoms with Gasteiger partial charge in [-0.2, -0.15) is 0 Å². The van der Waals surface area contributed by atoms with E-state index in [1.807, 2.05) is 24.3 Å². The number of epoxide rings is 4. The molecule has 4 fully saturated rings. The molecule has 31 heavy (non-hydrogen) atoms. The van der Waals surface area contributed by atoms with Crippen LogP contribution in [0.25, 0.3) is 0 Å². The number of anilines is 2. The molecule has 0 aliphatic carbocycles. The quantitative estimate of drug-likeness (QED) is 0.445.